The summed E-state index contributed by atoms with van der Waals surface area (Å²) in [7, 11) is 0. The maximum absolute atomic E-state index is 10.8. The van der Waals surface area contributed by atoms with Crippen LogP contribution in [-0.2, 0) is 11.2 Å². The van der Waals surface area contributed by atoms with E-state index in [2.05, 4.69) is 5.92 Å². The Morgan fingerprint density at radius 2 is 2.07 bits per heavy atom. The van der Waals surface area contributed by atoms with E-state index in [1.165, 1.54) is 0 Å². The molecular weight excluding hydrogens is 172 g/mol. The van der Waals surface area contributed by atoms with Gasteiger partial charge in [-0.25, -0.2) is 0 Å². The Morgan fingerprint density at radius 3 is 2.57 bits per heavy atom. The number of carbonyl (C=O) groups is 1. The van der Waals surface area contributed by atoms with Crippen LogP contribution in [0.3, 0.4) is 0 Å². The third kappa shape index (κ3) is 4.47. The van der Waals surface area contributed by atoms with Crippen LogP contribution in [0.2, 0.25) is 0 Å². The van der Waals surface area contributed by atoms with Crippen molar-refractivity contribution in [2.75, 3.05) is 0 Å². The topological polar surface area (TPSA) is 17.1 Å². The van der Waals surface area contributed by atoms with Crippen LogP contribution in [0.15, 0.2) is 24.3 Å². The van der Waals surface area contributed by atoms with Gasteiger partial charge in [0.2, 0.25) is 0 Å². The number of carbonyl (C=O) groups excluding carboxylic acids is 1. The quantitative estimate of drug-likeness (QED) is 0.652. The summed E-state index contributed by atoms with van der Waals surface area (Å²) in [6.07, 6.45) is 5.68. The molecule has 0 saturated heterocycles. The maximum atomic E-state index is 10.8. The minimum Gasteiger partial charge on any atom is -0.300 e. The highest BCUT2D eigenvalue weighted by molar-refractivity contribution is 5.78. The molecule has 0 fully saturated rings. The van der Waals surface area contributed by atoms with E-state index >= 15 is 0 Å². The van der Waals surface area contributed by atoms with Gasteiger partial charge < -0.3 is 0 Å². The molecule has 0 aliphatic carbocycles. The van der Waals surface area contributed by atoms with Crippen LogP contribution < -0.4 is 0 Å². The molecule has 14 heavy (non-hydrogen) atoms. The van der Waals surface area contributed by atoms with Crippen molar-refractivity contribution in [1.29, 1.82) is 0 Å². The lowest BCUT2D eigenvalue weighted by atomic mass is 10.1. The largest absolute Gasteiger partial charge is 0.300 e. The van der Waals surface area contributed by atoms with Gasteiger partial charge in [0.05, 0.1) is 0 Å². The highest BCUT2D eigenvalue weighted by atomic mass is 16.1. The summed E-state index contributed by atoms with van der Waals surface area (Å²) in [6.45, 7) is 5.57. The third-order valence-electron chi connectivity index (χ3n) is 1.55. The summed E-state index contributed by atoms with van der Waals surface area (Å²) in [5.74, 6) is 2.69. The molecule has 1 rings (SSSR count). The summed E-state index contributed by atoms with van der Waals surface area (Å²) in [5, 5.41) is 0. The molecule has 0 N–H and O–H groups in total. The Labute approximate surface area is 86.2 Å². The van der Waals surface area contributed by atoms with Crippen molar-refractivity contribution in [3.63, 3.8) is 0 Å². The molecule has 0 unspecified atom stereocenters. The van der Waals surface area contributed by atoms with Gasteiger partial charge in [-0.15, -0.1) is 6.42 Å². The van der Waals surface area contributed by atoms with Gasteiger partial charge in [0.1, 0.15) is 5.78 Å². The predicted molar refractivity (Wildman–Crippen MR) is 60.1 cm³/mol. The Balaban J connectivity index is 0.000000791. The molecule has 1 nitrogen and oxygen atoms in total. The Kier molecular flexibility index (Phi) is 6.15. The molecule has 0 saturated carbocycles. The van der Waals surface area contributed by atoms with E-state index in [9.17, 15) is 4.79 Å². The fraction of sp³-hybridized carbons (Fsp3) is 0.308. The van der Waals surface area contributed by atoms with Gasteiger partial charge in [-0.1, -0.05) is 31.9 Å². The monoisotopic (exact) mass is 188 g/mol. The van der Waals surface area contributed by atoms with E-state index in [4.69, 9.17) is 6.42 Å². The average Bonchev–Trinajstić information content (AvgIpc) is 2.20. The van der Waals surface area contributed by atoms with Crippen LogP contribution in [0.5, 0.6) is 0 Å². The lowest BCUT2D eigenvalue weighted by Crippen LogP contribution is -1.95. The smallest absolute Gasteiger partial charge is 0.134 e. The number of terminal acetylenes is 1. The number of benzene rings is 1. The van der Waals surface area contributed by atoms with E-state index in [0.717, 1.165) is 11.1 Å². The summed E-state index contributed by atoms with van der Waals surface area (Å²) in [4.78, 5) is 10.8. The van der Waals surface area contributed by atoms with Gasteiger partial charge in [0.15, 0.2) is 0 Å². The number of rotatable bonds is 2. The fourth-order valence-corrected chi connectivity index (χ4v) is 1.06. The van der Waals surface area contributed by atoms with Crippen LogP contribution >= 0.6 is 0 Å². The first-order chi connectivity index (χ1) is 6.72. The van der Waals surface area contributed by atoms with E-state index in [1.54, 1.807) is 6.92 Å². The van der Waals surface area contributed by atoms with Crippen LogP contribution in [0.25, 0.3) is 0 Å². The molecule has 0 spiro atoms. The standard InChI is InChI=1S/C11H10O.C2H6/c1-3-10-5-4-6-11(8-10)7-9(2)12;1-2/h1,4-6,8H,7H2,2H3;1-2H3. The van der Waals surface area contributed by atoms with E-state index in [1.807, 2.05) is 38.1 Å². The third-order valence-corrected chi connectivity index (χ3v) is 1.55. The molecule has 0 heterocycles. The van der Waals surface area contributed by atoms with Crippen LogP contribution in [-0.4, -0.2) is 5.78 Å². The van der Waals surface area contributed by atoms with E-state index in [-0.39, 0.29) is 5.78 Å². The lowest BCUT2D eigenvalue weighted by molar-refractivity contribution is -0.116. The molecule has 0 amide bonds. The van der Waals surface area contributed by atoms with Crippen molar-refractivity contribution in [2.45, 2.75) is 27.2 Å². The molecule has 0 atom stereocenters. The zero-order chi connectivity index (χ0) is 11.0. The minimum absolute atomic E-state index is 0.157. The first-order valence-electron chi connectivity index (χ1n) is 4.77. The molecular formula is C13H16O. The first-order valence-corrected chi connectivity index (χ1v) is 4.77. The Bertz CT molecular complexity index is 331. The van der Waals surface area contributed by atoms with Crippen molar-refractivity contribution < 1.29 is 4.79 Å². The van der Waals surface area contributed by atoms with Crippen molar-refractivity contribution >= 4 is 5.78 Å². The highest BCUT2D eigenvalue weighted by Crippen LogP contribution is 2.04. The summed E-state index contributed by atoms with van der Waals surface area (Å²) < 4.78 is 0. The van der Waals surface area contributed by atoms with Crippen molar-refractivity contribution in [3.05, 3.63) is 35.4 Å². The van der Waals surface area contributed by atoms with Gasteiger partial charge in [0.25, 0.3) is 0 Å². The number of hydrogen-bond acceptors (Lipinski definition) is 1. The zero-order valence-corrected chi connectivity index (χ0v) is 9.00. The summed E-state index contributed by atoms with van der Waals surface area (Å²) in [6, 6.07) is 7.49. The summed E-state index contributed by atoms with van der Waals surface area (Å²) in [5.41, 5.74) is 1.81. The molecule has 74 valence electrons. The van der Waals surface area contributed by atoms with Crippen LogP contribution in [0.1, 0.15) is 31.9 Å². The zero-order valence-electron chi connectivity index (χ0n) is 9.00. The number of Topliss-reactive ketones (excluding diaryl/α,β-unsaturated/α-hetero) is 1. The highest BCUT2D eigenvalue weighted by Gasteiger charge is 1.96. The second-order valence-electron chi connectivity index (χ2n) is 2.72. The molecule has 0 aromatic heterocycles. The van der Waals surface area contributed by atoms with Crippen LogP contribution in [0.4, 0.5) is 0 Å². The second-order valence-corrected chi connectivity index (χ2v) is 2.72. The second kappa shape index (κ2) is 6.91. The van der Waals surface area contributed by atoms with Gasteiger partial charge >= 0.3 is 0 Å². The SMILES string of the molecule is C#Cc1cccc(CC(C)=O)c1.CC. The predicted octanol–water partition coefficient (Wildman–Crippen LogP) is 2.83. The summed E-state index contributed by atoms with van der Waals surface area (Å²) >= 11 is 0. The minimum atomic E-state index is 0.157. The molecule has 1 aromatic rings. The molecule has 0 radical (unpaired) electrons. The van der Waals surface area contributed by atoms with Crippen molar-refractivity contribution in [1.82, 2.24) is 0 Å². The average molecular weight is 188 g/mol. The Hall–Kier alpha value is -1.55. The molecule has 0 aliphatic heterocycles. The van der Waals surface area contributed by atoms with E-state index < -0.39 is 0 Å². The maximum Gasteiger partial charge on any atom is 0.134 e. The van der Waals surface area contributed by atoms with Gasteiger partial charge in [0, 0.05) is 12.0 Å². The van der Waals surface area contributed by atoms with Gasteiger partial charge in [-0.05, 0) is 24.6 Å². The van der Waals surface area contributed by atoms with E-state index in [0.29, 0.717) is 6.42 Å². The lowest BCUT2D eigenvalue weighted by Gasteiger charge is -1.97. The Morgan fingerprint density at radius 1 is 1.43 bits per heavy atom. The normalized spacial score (nSPS) is 8.14. The van der Waals surface area contributed by atoms with Crippen LogP contribution in [0, 0.1) is 12.3 Å². The molecule has 0 aliphatic rings. The van der Waals surface area contributed by atoms with Gasteiger partial charge in [-0.3, -0.25) is 4.79 Å². The molecule has 1 aromatic carbocycles. The first kappa shape index (κ1) is 12.4. The number of ketones is 1. The fourth-order valence-electron chi connectivity index (χ4n) is 1.06. The molecule has 0 bridgehead atoms. The molecule has 1 heteroatoms. The number of hydrogen-bond donors (Lipinski definition) is 0. The van der Waals surface area contributed by atoms with Crippen molar-refractivity contribution in [3.8, 4) is 12.3 Å². The van der Waals surface area contributed by atoms with Crippen molar-refractivity contribution in [2.24, 2.45) is 0 Å². The van der Waals surface area contributed by atoms with Gasteiger partial charge in [-0.2, -0.15) is 0 Å².